The molecule has 1 rings (SSSR count). The minimum Gasteiger partial charge on any atom is -0.282 e. The van der Waals surface area contributed by atoms with Gasteiger partial charge in [-0.25, -0.2) is 0 Å². The Morgan fingerprint density at radius 1 is 1.19 bits per heavy atom. The minimum absolute atomic E-state index is 0.00769. The lowest BCUT2D eigenvalue weighted by atomic mass is 9.92. The van der Waals surface area contributed by atoms with Crippen molar-refractivity contribution in [1.29, 1.82) is 0 Å². The average molecular weight is 243 g/mol. The smallest absolute Gasteiger partial charge is 0.235 e. The zero-order valence-electron chi connectivity index (χ0n) is 10.2. The van der Waals surface area contributed by atoms with Gasteiger partial charge in [-0.3, -0.25) is 14.5 Å². The third kappa shape index (κ3) is 3.24. The lowest BCUT2D eigenvalue weighted by Crippen LogP contribution is -2.33. The molecule has 1 aliphatic heterocycles. The van der Waals surface area contributed by atoms with Gasteiger partial charge < -0.3 is 0 Å². The normalized spacial score (nSPS) is 19.6. The first kappa shape index (κ1) is 13.6. The van der Waals surface area contributed by atoms with Crippen molar-refractivity contribution in [3.63, 3.8) is 0 Å². The highest BCUT2D eigenvalue weighted by molar-refractivity contribution is 7.80. The molecular weight excluding hydrogens is 222 g/mol. The minimum atomic E-state index is -0.484. The zero-order valence-corrected chi connectivity index (χ0v) is 11.1. The average Bonchev–Trinajstić information content (AvgIpc) is 2.39. The van der Waals surface area contributed by atoms with E-state index in [1.807, 2.05) is 13.8 Å². The predicted molar refractivity (Wildman–Crippen MR) is 67.4 cm³/mol. The van der Waals surface area contributed by atoms with Gasteiger partial charge in [0.15, 0.2) is 0 Å². The number of imide groups is 1. The molecule has 0 saturated carbocycles. The third-order valence-corrected chi connectivity index (χ3v) is 3.32. The zero-order chi connectivity index (χ0) is 12.2. The fourth-order valence-electron chi connectivity index (χ4n) is 1.99. The number of nitrogens with zero attached hydrogens (tertiary/aromatic N) is 1. The van der Waals surface area contributed by atoms with E-state index in [0.717, 1.165) is 31.4 Å². The molecule has 3 nitrogen and oxygen atoms in total. The van der Waals surface area contributed by atoms with E-state index in [-0.39, 0.29) is 11.8 Å². The molecule has 1 heterocycles. The van der Waals surface area contributed by atoms with Crippen molar-refractivity contribution >= 4 is 24.4 Å². The molecule has 92 valence electrons. The molecule has 1 saturated heterocycles. The lowest BCUT2D eigenvalue weighted by molar-refractivity contribution is -0.140. The summed E-state index contributed by atoms with van der Waals surface area (Å²) in [5.74, 6) is 0.894. The van der Waals surface area contributed by atoms with Crippen molar-refractivity contribution in [3.8, 4) is 0 Å². The van der Waals surface area contributed by atoms with Gasteiger partial charge in [-0.15, -0.1) is 0 Å². The highest BCUT2D eigenvalue weighted by atomic mass is 32.1. The highest BCUT2D eigenvalue weighted by Gasteiger charge is 2.44. The second-order valence-electron chi connectivity index (χ2n) is 5.05. The Kier molecular flexibility index (Phi) is 4.84. The number of carbonyl (C=O) groups excluding carboxylic acids is 2. The van der Waals surface area contributed by atoms with E-state index in [4.69, 9.17) is 0 Å². The van der Waals surface area contributed by atoms with Crippen LogP contribution in [-0.4, -0.2) is 29.0 Å². The van der Waals surface area contributed by atoms with Crippen molar-refractivity contribution in [1.82, 2.24) is 4.90 Å². The van der Waals surface area contributed by atoms with E-state index in [1.54, 1.807) is 0 Å². The van der Waals surface area contributed by atoms with Gasteiger partial charge in [0.2, 0.25) is 11.8 Å². The molecule has 0 aliphatic carbocycles. The molecule has 16 heavy (non-hydrogen) atoms. The summed E-state index contributed by atoms with van der Waals surface area (Å²) >= 11 is 4.14. The highest BCUT2D eigenvalue weighted by Crippen LogP contribution is 2.31. The lowest BCUT2D eigenvalue weighted by Gasteiger charge is -2.17. The number of carbonyl (C=O) groups is 2. The van der Waals surface area contributed by atoms with Crippen LogP contribution in [0, 0.1) is 5.41 Å². The second kappa shape index (κ2) is 5.71. The summed E-state index contributed by atoms with van der Waals surface area (Å²) in [5.41, 5.74) is -0.484. The molecule has 2 amide bonds. The van der Waals surface area contributed by atoms with Gasteiger partial charge in [0.25, 0.3) is 0 Å². The van der Waals surface area contributed by atoms with Crippen LogP contribution in [0.25, 0.3) is 0 Å². The maximum absolute atomic E-state index is 11.9. The molecule has 0 unspecified atom stereocenters. The van der Waals surface area contributed by atoms with Gasteiger partial charge >= 0.3 is 0 Å². The number of hydrogen-bond acceptors (Lipinski definition) is 3. The Labute approximate surface area is 103 Å². The molecule has 4 heteroatoms. The van der Waals surface area contributed by atoms with Crippen molar-refractivity contribution in [3.05, 3.63) is 0 Å². The number of hydrogen-bond donors (Lipinski definition) is 1. The summed E-state index contributed by atoms with van der Waals surface area (Å²) in [6.45, 7) is 4.27. The number of rotatable bonds is 6. The van der Waals surface area contributed by atoms with Crippen LogP contribution in [0.4, 0.5) is 0 Å². The molecule has 0 radical (unpaired) electrons. The van der Waals surface area contributed by atoms with Crippen LogP contribution < -0.4 is 0 Å². The maximum Gasteiger partial charge on any atom is 0.235 e. The number of unbranched alkanes of at least 4 members (excludes halogenated alkanes) is 3. The molecule has 0 bridgehead atoms. The molecule has 0 atom stereocenters. The fourth-order valence-corrected chi connectivity index (χ4v) is 2.21. The summed E-state index contributed by atoms with van der Waals surface area (Å²) in [6.07, 6.45) is 4.58. The van der Waals surface area contributed by atoms with Gasteiger partial charge in [0, 0.05) is 13.0 Å². The second-order valence-corrected chi connectivity index (χ2v) is 5.50. The predicted octanol–water partition coefficient (Wildman–Crippen LogP) is 2.26. The first-order valence-corrected chi connectivity index (χ1v) is 6.58. The summed E-state index contributed by atoms with van der Waals surface area (Å²) in [4.78, 5) is 24.9. The first-order valence-electron chi connectivity index (χ1n) is 5.95. The molecule has 0 spiro atoms. The van der Waals surface area contributed by atoms with Crippen molar-refractivity contribution in [2.24, 2.45) is 5.41 Å². The van der Waals surface area contributed by atoms with E-state index in [1.165, 1.54) is 4.90 Å². The standard InChI is InChI=1S/C12H21NO2S/c1-12(2)9-10(14)13(11(12)15)7-5-3-4-6-8-16/h16H,3-9H2,1-2H3. The van der Waals surface area contributed by atoms with E-state index in [2.05, 4.69) is 12.6 Å². The van der Waals surface area contributed by atoms with Crippen LogP contribution in [0.15, 0.2) is 0 Å². The number of thiol groups is 1. The van der Waals surface area contributed by atoms with Crippen molar-refractivity contribution in [2.45, 2.75) is 46.0 Å². The largest absolute Gasteiger partial charge is 0.282 e. The van der Waals surface area contributed by atoms with Gasteiger partial charge in [-0.2, -0.15) is 12.6 Å². The Morgan fingerprint density at radius 2 is 1.81 bits per heavy atom. The van der Waals surface area contributed by atoms with E-state index in [9.17, 15) is 9.59 Å². The summed E-state index contributed by atoms with van der Waals surface area (Å²) in [7, 11) is 0. The first-order chi connectivity index (χ1) is 7.49. The van der Waals surface area contributed by atoms with E-state index in [0.29, 0.717) is 13.0 Å². The van der Waals surface area contributed by atoms with Gasteiger partial charge in [-0.05, 0) is 18.6 Å². The topological polar surface area (TPSA) is 37.4 Å². The quantitative estimate of drug-likeness (QED) is 0.441. The molecule has 1 aliphatic rings. The molecule has 1 fully saturated rings. The number of likely N-dealkylation sites (tertiary alicyclic amines) is 1. The summed E-state index contributed by atoms with van der Waals surface area (Å²) < 4.78 is 0. The number of amides is 2. The van der Waals surface area contributed by atoms with Crippen LogP contribution >= 0.6 is 12.6 Å². The van der Waals surface area contributed by atoms with Crippen LogP contribution in [-0.2, 0) is 9.59 Å². The SMILES string of the molecule is CC1(C)CC(=O)N(CCCCCCS)C1=O. The molecule has 0 N–H and O–H groups in total. The molecule has 0 aromatic carbocycles. The fraction of sp³-hybridized carbons (Fsp3) is 0.833. The molecule has 0 aromatic rings. The Morgan fingerprint density at radius 3 is 2.31 bits per heavy atom. The van der Waals surface area contributed by atoms with Crippen LogP contribution in [0.2, 0.25) is 0 Å². The van der Waals surface area contributed by atoms with E-state index >= 15 is 0 Å². The van der Waals surface area contributed by atoms with Gasteiger partial charge in [0.1, 0.15) is 0 Å². The summed E-state index contributed by atoms with van der Waals surface area (Å²) in [5, 5.41) is 0. The maximum atomic E-state index is 11.9. The van der Waals surface area contributed by atoms with Gasteiger partial charge in [-0.1, -0.05) is 26.7 Å². The van der Waals surface area contributed by atoms with Crippen molar-refractivity contribution < 1.29 is 9.59 Å². The Bertz CT molecular complexity index is 276. The summed E-state index contributed by atoms with van der Waals surface area (Å²) in [6, 6.07) is 0. The monoisotopic (exact) mass is 243 g/mol. The van der Waals surface area contributed by atoms with Crippen LogP contribution in [0.5, 0.6) is 0 Å². The van der Waals surface area contributed by atoms with Gasteiger partial charge in [0.05, 0.1) is 5.41 Å². The van der Waals surface area contributed by atoms with Crippen LogP contribution in [0.1, 0.15) is 46.0 Å². The van der Waals surface area contributed by atoms with Crippen molar-refractivity contribution in [2.75, 3.05) is 12.3 Å². The van der Waals surface area contributed by atoms with E-state index < -0.39 is 5.41 Å². The van der Waals surface area contributed by atoms with Crippen LogP contribution in [0.3, 0.4) is 0 Å². The Balaban J connectivity index is 2.32. The molecular formula is C12H21NO2S. The molecule has 0 aromatic heterocycles. The Hall–Kier alpha value is -0.510. The third-order valence-electron chi connectivity index (χ3n) is 3.01.